The monoisotopic (exact) mass is 373 g/mol. The lowest BCUT2D eigenvalue weighted by Gasteiger charge is -2.32. The molecular formula is C19H27N5O3. The van der Waals surface area contributed by atoms with E-state index in [1.54, 1.807) is 4.52 Å². The van der Waals surface area contributed by atoms with E-state index in [1.165, 1.54) is 0 Å². The molecule has 0 aromatic carbocycles. The van der Waals surface area contributed by atoms with Crippen LogP contribution in [0.2, 0.25) is 0 Å². The Labute approximate surface area is 158 Å². The summed E-state index contributed by atoms with van der Waals surface area (Å²) in [4.78, 5) is 18.5. The highest BCUT2D eigenvalue weighted by atomic mass is 16.5. The lowest BCUT2D eigenvalue weighted by Crippen LogP contribution is -2.46. The van der Waals surface area contributed by atoms with Crippen molar-refractivity contribution in [2.75, 3.05) is 32.8 Å². The van der Waals surface area contributed by atoms with Crippen molar-refractivity contribution in [1.29, 1.82) is 0 Å². The van der Waals surface area contributed by atoms with Gasteiger partial charge in [0.1, 0.15) is 0 Å². The van der Waals surface area contributed by atoms with Crippen LogP contribution in [0, 0.1) is 12.8 Å². The molecule has 8 nitrogen and oxygen atoms in total. The summed E-state index contributed by atoms with van der Waals surface area (Å²) in [6.07, 6.45) is 6.09. The van der Waals surface area contributed by atoms with Gasteiger partial charge in [0, 0.05) is 32.3 Å². The highest BCUT2D eigenvalue weighted by molar-refractivity contribution is 5.74. The molecule has 4 heterocycles. The van der Waals surface area contributed by atoms with Gasteiger partial charge in [-0.3, -0.25) is 0 Å². The number of carbonyl (C=O) groups excluding carboxylic acids is 1. The van der Waals surface area contributed by atoms with Crippen molar-refractivity contribution in [3.63, 3.8) is 0 Å². The van der Waals surface area contributed by atoms with Gasteiger partial charge in [-0.05, 0) is 44.6 Å². The summed E-state index contributed by atoms with van der Waals surface area (Å²) >= 11 is 0. The summed E-state index contributed by atoms with van der Waals surface area (Å²) in [6, 6.07) is 3.79. The molecule has 27 heavy (non-hydrogen) atoms. The molecule has 2 aliphatic rings. The second kappa shape index (κ2) is 8.12. The molecule has 2 amide bonds. The molecule has 0 spiro atoms. The Morgan fingerprint density at radius 2 is 2.19 bits per heavy atom. The van der Waals surface area contributed by atoms with Gasteiger partial charge in [0.05, 0.1) is 24.6 Å². The van der Waals surface area contributed by atoms with E-state index in [0.717, 1.165) is 56.7 Å². The number of rotatable bonds is 5. The summed E-state index contributed by atoms with van der Waals surface area (Å²) in [5, 5.41) is 7.43. The Balaban J connectivity index is 1.20. The Bertz CT molecular complexity index is 779. The first kappa shape index (κ1) is 18.0. The molecule has 2 aromatic rings. The smallest absolute Gasteiger partial charge is 0.317 e. The molecule has 2 aromatic heterocycles. The van der Waals surface area contributed by atoms with E-state index in [0.29, 0.717) is 24.9 Å². The Morgan fingerprint density at radius 1 is 1.33 bits per heavy atom. The Morgan fingerprint density at radius 3 is 2.96 bits per heavy atom. The number of carbonyl (C=O) groups is 1. The van der Waals surface area contributed by atoms with Crippen LogP contribution in [0.25, 0.3) is 5.65 Å². The number of piperidine rings is 1. The zero-order valence-electron chi connectivity index (χ0n) is 15.8. The normalized spacial score (nSPS) is 20.9. The number of ether oxygens (including phenoxy) is 2. The molecule has 1 N–H and O–H groups in total. The number of nitrogens with one attached hydrogen (secondary N) is 1. The van der Waals surface area contributed by atoms with Crippen molar-refractivity contribution in [3.05, 3.63) is 24.0 Å². The van der Waals surface area contributed by atoms with E-state index >= 15 is 0 Å². The van der Waals surface area contributed by atoms with E-state index in [2.05, 4.69) is 15.4 Å². The maximum absolute atomic E-state index is 12.3. The van der Waals surface area contributed by atoms with Gasteiger partial charge in [0.15, 0.2) is 5.65 Å². The summed E-state index contributed by atoms with van der Waals surface area (Å²) in [7, 11) is 0. The first-order valence-electron chi connectivity index (χ1n) is 9.77. The van der Waals surface area contributed by atoms with Crippen molar-refractivity contribution < 1.29 is 14.3 Å². The quantitative estimate of drug-likeness (QED) is 0.867. The van der Waals surface area contributed by atoms with Gasteiger partial charge in [-0.15, -0.1) is 5.10 Å². The van der Waals surface area contributed by atoms with Gasteiger partial charge < -0.3 is 19.7 Å². The zero-order chi connectivity index (χ0) is 18.6. The number of imidazole rings is 1. The van der Waals surface area contributed by atoms with Crippen LogP contribution in [-0.2, 0) is 4.74 Å². The number of aryl methyl sites for hydroxylation is 1. The van der Waals surface area contributed by atoms with Crippen LogP contribution in [0.15, 0.2) is 18.3 Å². The number of urea groups is 1. The molecule has 0 saturated carbocycles. The van der Waals surface area contributed by atoms with Crippen LogP contribution in [0.1, 0.15) is 31.4 Å². The lowest BCUT2D eigenvalue weighted by atomic mass is 9.98. The summed E-state index contributed by atoms with van der Waals surface area (Å²) in [6.45, 7) is 5.52. The van der Waals surface area contributed by atoms with E-state index in [4.69, 9.17) is 9.47 Å². The van der Waals surface area contributed by atoms with Gasteiger partial charge in [0.25, 0.3) is 0 Å². The second-order valence-corrected chi connectivity index (χ2v) is 7.42. The second-order valence-electron chi connectivity index (χ2n) is 7.42. The number of likely N-dealkylation sites (tertiary alicyclic amines) is 1. The topological polar surface area (TPSA) is 81.0 Å². The summed E-state index contributed by atoms with van der Waals surface area (Å²) in [5.74, 6) is 1.05. The minimum absolute atomic E-state index is 0.0208. The van der Waals surface area contributed by atoms with Crippen molar-refractivity contribution in [2.45, 2.75) is 38.7 Å². The highest BCUT2D eigenvalue weighted by Crippen LogP contribution is 2.19. The van der Waals surface area contributed by atoms with Gasteiger partial charge in [-0.2, -0.15) is 0 Å². The fraction of sp³-hybridized carbons (Fsp3) is 0.632. The Hall–Kier alpha value is -2.35. The predicted molar refractivity (Wildman–Crippen MR) is 99.9 cm³/mol. The average Bonchev–Trinajstić information content (AvgIpc) is 3.33. The third-order valence-corrected chi connectivity index (χ3v) is 5.29. The van der Waals surface area contributed by atoms with Crippen LogP contribution in [0.4, 0.5) is 4.79 Å². The molecule has 4 rings (SSSR count). The fourth-order valence-corrected chi connectivity index (χ4v) is 3.68. The van der Waals surface area contributed by atoms with E-state index in [9.17, 15) is 4.79 Å². The van der Waals surface area contributed by atoms with Gasteiger partial charge in [-0.25, -0.2) is 14.3 Å². The lowest BCUT2D eigenvalue weighted by molar-refractivity contribution is 0.105. The third-order valence-electron chi connectivity index (χ3n) is 5.29. The molecule has 2 saturated heterocycles. The number of amides is 2. The van der Waals surface area contributed by atoms with Crippen LogP contribution >= 0.6 is 0 Å². The number of aromatic nitrogens is 3. The molecule has 0 bridgehead atoms. The Kier molecular flexibility index (Phi) is 5.42. The molecule has 1 atom stereocenters. The number of nitrogens with zero attached hydrogens (tertiary/aromatic N) is 4. The third kappa shape index (κ3) is 4.50. The van der Waals surface area contributed by atoms with E-state index < -0.39 is 0 Å². The molecule has 1 unspecified atom stereocenters. The molecule has 0 radical (unpaired) electrons. The van der Waals surface area contributed by atoms with E-state index in [1.807, 2.05) is 30.2 Å². The van der Waals surface area contributed by atoms with Gasteiger partial charge in [0.2, 0.25) is 5.88 Å². The summed E-state index contributed by atoms with van der Waals surface area (Å²) in [5.41, 5.74) is 1.76. The fourth-order valence-electron chi connectivity index (χ4n) is 3.68. The largest absolute Gasteiger partial charge is 0.476 e. The van der Waals surface area contributed by atoms with Crippen LogP contribution in [0.5, 0.6) is 5.88 Å². The summed E-state index contributed by atoms with van der Waals surface area (Å²) < 4.78 is 13.2. The zero-order valence-corrected chi connectivity index (χ0v) is 15.8. The van der Waals surface area contributed by atoms with E-state index in [-0.39, 0.29) is 12.1 Å². The molecule has 8 heteroatoms. The maximum atomic E-state index is 12.3. The van der Waals surface area contributed by atoms with Gasteiger partial charge >= 0.3 is 6.03 Å². The molecule has 2 fully saturated rings. The van der Waals surface area contributed by atoms with Crippen LogP contribution in [-0.4, -0.2) is 64.5 Å². The minimum atomic E-state index is 0.0208. The SMILES string of the molecule is Cc1cn2nc(OCC3CCN(C(=O)NCC4CCCO4)CC3)ccc2n1. The maximum Gasteiger partial charge on any atom is 0.317 e. The van der Waals surface area contributed by atoms with Crippen molar-refractivity contribution in [2.24, 2.45) is 5.92 Å². The van der Waals surface area contributed by atoms with Crippen molar-refractivity contribution >= 4 is 11.7 Å². The highest BCUT2D eigenvalue weighted by Gasteiger charge is 2.24. The molecule has 0 aliphatic carbocycles. The first-order chi connectivity index (χ1) is 13.2. The van der Waals surface area contributed by atoms with Crippen LogP contribution < -0.4 is 10.1 Å². The predicted octanol–water partition coefficient (Wildman–Crippen LogP) is 2.02. The van der Waals surface area contributed by atoms with Crippen molar-refractivity contribution in [1.82, 2.24) is 24.8 Å². The van der Waals surface area contributed by atoms with Crippen molar-refractivity contribution in [3.8, 4) is 5.88 Å². The number of fused-ring (bicyclic) bond motifs is 1. The molecule has 146 valence electrons. The van der Waals surface area contributed by atoms with Gasteiger partial charge in [-0.1, -0.05) is 0 Å². The minimum Gasteiger partial charge on any atom is -0.476 e. The number of hydrogen-bond acceptors (Lipinski definition) is 5. The standard InChI is InChI=1S/C19H27N5O3/c1-14-12-24-17(21-14)4-5-18(22-24)27-13-15-6-8-23(9-7-15)19(25)20-11-16-3-2-10-26-16/h4-5,12,15-16H,2-3,6-11,13H2,1H3,(H,20,25). The number of hydrogen-bond donors (Lipinski definition) is 1. The average molecular weight is 373 g/mol. The molecular weight excluding hydrogens is 346 g/mol. The molecule has 2 aliphatic heterocycles. The van der Waals surface area contributed by atoms with Crippen LogP contribution in [0.3, 0.4) is 0 Å². The first-order valence-corrected chi connectivity index (χ1v) is 9.77.